The lowest BCUT2D eigenvalue weighted by Crippen LogP contribution is -2.57. The van der Waals surface area contributed by atoms with E-state index in [0.29, 0.717) is 30.0 Å². The molecule has 0 radical (unpaired) electrons. The van der Waals surface area contributed by atoms with Crippen molar-refractivity contribution in [2.24, 2.45) is 11.3 Å². The van der Waals surface area contributed by atoms with Crippen LogP contribution in [0.5, 0.6) is 0 Å². The second-order valence-corrected chi connectivity index (χ2v) is 17.7. The van der Waals surface area contributed by atoms with Crippen molar-refractivity contribution in [3.63, 3.8) is 0 Å². The van der Waals surface area contributed by atoms with Crippen LogP contribution in [0, 0.1) is 17.2 Å². The van der Waals surface area contributed by atoms with Gasteiger partial charge in [0.25, 0.3) is 5.91 Å². The summed E-state index contributed by atoms with van der Waals surface area (Å²) in [5, 5.41) is 17.8. The van der Waals surface area contributed by atoms with Crippen molar-refractivity contribution < 1.29 is 38.2 Å². The maximum absolute atomic E-state index is 14.6. The molecule has 1 saturated heterocycles. The molecule has 1 aromatic heterocycles. The Balaban J connectivity index is 1.92. The zero-order chi connectivity index (χ0) is 43.2. The summed E-state index contributed by atoms with van der Waals surface area (Å²) in [6, 6.07) is 2.21. The van der Waals surface area contributed by atoms with Crippen LogP contribution in [0.25, 0.3) is 0 Å². The average Bonchev–Trinajstić information content (AvgIpc) is 3.65. The molecule has 5 atom stereocenters. The van der Waals surface area contributed by atoms with Gasteiger partial charge in [0.2, 0.25) is 11.8 Å². The number of nitrogens with zero attached hydrogens (tertiary/aromatic N) is 3. The highest BCUT2D eigenvalue weighted by Gasteiger charge is 2.37. The van der Waals surface area contributed by atoms with E-state index < -0.39 is 53.3 Å². The van der Waals surface area contributed by atoms with E-state index in [1.165, 1.54) is 19.1 Å². The molecule has 0 spiro atoms. The van der Waals surface area contributed by atoms with Crippen molar-refractivity contribution in [3.8, 4) is 0 Å². The lowest BCUT2D eigenvalue weighted by molar-refractivity contribution is -0.150. The number of halogens is 1. The molecular weight excluding hydrogens is 764 g/mol. The maximum Gasteiger partial charge on any atom is 0.309 e. The zero-order valence-electron chi connectivity index (χ0n) is 35.8. The lowest BCUT2D eigenvalue weighted by atomic mass is 9.84. The number of anilines is 1. The van der Waals surface area contributed by atoms with Gasteiger partial charge in [0, 0.05) is 37.4 Å². The predicted octanol–water partition coefficient (Wildman–Crippen LogP) is 6.90. The molecule has 2 aromatic rings. The third-order valence-electron chi connectivity index (χ3n) is 11.0. The summed E-state index contributed by atoms with van der Waals surface area (Å²) in [6.07, 6.45) is 7.15. The molecule has 1 unspecified atom stereocenters. The molecule has 13 nitrogen and oxygen atoms in total. The van der Waals surface area contributed by atoms with E-state index in [9.17, 15) is 33.5 Å². The van der Waals surface area contributed by atoms with E-state index in [1.54, 1.807) is 25.3 Å². The van der Waals surface area contributed by atoms with E-state index in [0.717, 1.165) is 62.8 Å². The van der Waals surface area contributed by atoms with Crippen LogP contribution in [0.15, 0.2) is 23.6 Å². The number of carboxylic acid groups (broad SMARTS) is 1. The van der Waals surface area contributed by atoms with Gasteiger partial charge < -0.3 is 31.1 Å². The van der Waals surface area contributed by atoms with E-state index >= 15 is 0 Å². The van der Waals surface area contributed by atoms with Crippen molar-refractivity contribution in [2.75, 3.05) is 25.9 Å². The van der Waals surface area contributed by atoms with Gasteiger partial charge in [0.15, 0.2) is 6.10 Å². The van der Waals surface area contributed by atoms with Crippen LogP contribution < -0.4 is 16.4 Å². The Kier molecular flexibility index (Phi) is 19.0. The number of esters is 1. The first kappa shape index (κ1) is 48.3. The number of aliphatic carboxylic acids is 1. The number of nitrogen functional groups attached to an aromatic ring is 1. The Morgan fingerprint density at radius 1 is 1.10 bits per heavy atom. The summed E-state index contributed by atoms with van der Waals surface area (Å²) < 4.78 is 20.2. The summed E-state index contributed by atoms with van der Waals surface area (Å²) in [4.78, 5) is 75.1. The second-order valence-electron chi connectivity index (χ2n) is 16.8. The van der Waals surface area contributed by atoms with E-state index in [1.807, 2.05) is 32.7 Å². The molecule has 0 saturated carbocycles. The highest BCUT2D eigenvalue weighted by Crippen LogP contribution is 2.32. The Labute approximate surface area is 348 Å². The van der Waals surface area contributed by atoms with Crippen LogP contribution in [-0.2, 0) is 30.3 Å². The lowest BCUT2D eigenvalue weighted by Gasteiger charge is -2.39. The van der Waals surface area contributed by atoms with Gasteiger partial charge in [-0.1, -0.05) is 65.9 Å². The number of thiazole rings is 1. The number of hydrogen-bond donors (Lipinski definition) is 4. The number of nitrogens with one attached hydrogen (secondary N) is 2. The standard InChI is InChI=1S/C43H67FN6O7S/c1-9-11-12-14-21-50(41(54)33(16-10-2)47-39(53)35-17-13-15-20-49(35)8)36(27(3)4)24-37(57-28(5)51)40-48-34(26-58-40)38(52)46-30(25-43(6,7)42(55)56)22-29-18-19-32(45)31(44)23-29/h18-19,23,26-27,30,33,35-37H,9-17,20-22,24-25,45H2,1-8H3,(H,46,52)(H,47,53)(H,55,56)/t30-,33-,35?,36+,37+/m0/s1. The Morgan fingerprint density at radius 3 is 2.43 bits per heavy atom. The minimum atomic E-state index is -1.21. The van der Waals surface area contributed by atoms with E-state index in [2.05, 4.69) is 27.4 Å². The molecule has 1 fully saturated rings. The number of likely N-dealkylation sites (tertiary alicyclic amines) is 1. The number of aromatic nitrogens is 1. The van der Waals surface area contributed by atoms with Crippen molar-refractivity contribution in [1.29, 1.82) is 0 Å². The number of likely N-dealkylation sites (N-methyl/N-ethyl adjacent to an activating group) is 1. The van der Waals surface area contributed by atoms with Gasteiger partial charge in [-0.2, -0.15) is 0 Å². The molecule has 1 aliphatic heterocycles. The number of unbranched alkanes of at least 4 members (excludes halogenated alkanes) is 3. The molecule has 3 amide bonds. The number of ether oxygens (including phenoxy) is 1. The van der Waals surface area contributed by atoms with Gasteiger partial charge in [0.1, 0.15) is 22.6 Å². The molecule has 0 bridgehead atoms. The molecule has 58 heavy (non-hydrogen) atoms. The monoisotopic (exact) mass is 830 g/mol. The SMILES string of the molecule is CCCCCCN(C(=O)[C@H](CCC)NC(=O)C1CCCCN1C)[C@H](C[C@@H](OC(C)=O)c1nc(C(=O)N[C@@H](Cc2ccc(N)c(F)c2)CC(C)(C)C(=O)O)cs1)C(C)C. The van der Waals surface area contributed by atoms with Gasteiger partial charge in [-0.25, -0.2) is 9.37 Å². The molecular formula is C43H67FN6O7S. The van der Waals surface area contributed by atoms with Crippen LogP contribution in [-0.4, -0.2) is 93.9 Å². The minimum Gasteiger partial charge on any atom is -0.481 e. The molecule has 1 aromatic carbocycles. The molecule has 15 heteroatoms. The van der Waals surface area contributed by atoms with Gasteiger partial charge in [-0.15, -0.1) is 11.3 Å². The summed E-state index contributed by atoms with van der Waals surface area (Å²) in [6.45, 7) is 13.8. The molecule has 2 heterocycles. The fourth-order valence-electron chi connectivity index (χ4n) is 7.61. The summed E-state index contributed by atoms with van der Waals surface area (Å²) in [5.41, 5.74) is 5.00. The summed E-state index contributed by atoms with van der Waals surface area (Å²) in [5.74, 6) is -3.15. The molecule has 0 aliphatic carbocycles. The van der Waals surface area contributed by atoms with Gasteiger partial charge in [-0.3, -0.25) is 28.9 Å². The van der Waals surface area contributed by atoms with Crippen molar-refractivity contribution in [2.45, 2.75) is 156 Å². The third kappa shape index (κ3) is 14.3. The largest absolute Gasteiger partial charge is 0.481 e. The zero-order valence-corrected chi connectivity index (χ0v) is 36.6. The highest BCUT2D eigenvalue weighted by atomic mass is 32.1. The van der Waals surface area contributed by atoms with Gasteiger partial charge in [-0.05, 0) is 89.6 Å². The molecule has 5 N–H and O–H groups in total. The van der Waals surface area contributed by atoms with Crippen LogP contribution in [0.3, 0.4) is 0 Å². The van der Waals surface area contributed by atoms with Gasteiger partial charge in [0.05, 0.1) is 17.1 Å². The van der Waals surface area contributed by atoms with Crippen molar-refractivity contribution in [1.82, 2.24) is 25.4 Å². The number of carbonyl (C=O) groups excluding carboxylic acids is 4. The minimum absolute atomic E-state index is 0.0218. The van der Waals surface area contributed by atoms with Crippen LogP contribution in [0.2, 0.25) is 0 Å². The number of amides is 3. The summed E-state index contributed by atoms with van der Waals surface area (Å²) >= 11 is 1.15. The quantitative estimate of drug-likeness (QED) is 0.0522. The van der Waals surface area contributed by atoms with Crippen LogP contribution in [0.4, 0.5) is 10.1 Å². The average molecular weight is 831 g/mol. The van der Waals surface area contributed by atoms with Gasteiger partial charge >= 0.3 is 11.9 Å². The maximum atomic E-state index is 14.6. The predicted molar refractivity (Wildman–Crippen MR) is 225 cm³/mol. The molecule has 1 aliphatic rings. The smallest absolute Gasteiger partial charge is 0.309 e. The molecule has 324 valence electrons. The number of nitrogens with two attached hydrogens (primary N) is 1. The third-order valence-corrected chi connectivity index (χ3v) is 11.9. The van der Waals surface area contributed by atoms with Crippen LogP contribution in [0.1, 0.15) is 146 Å². The Bertz CT molecular complexity index is 1690. The Hall–Kier alpha value is -4.11. The fourth-order valence-corrected chi connectivity index (χ4v) is 8.45. The topological polar surface area (TPSA) is 184 Å². The number of hydrogen-bond acceptors (Lipinski definition) is 10. The summed E-state index contributed by atoms with van der Waals surface area (Å²) in [7, 11) is 1.94. The first-order valence-electron chi connectivity index (χ1n) is 20.9. The number of carboxylic acids is 1. The number of piperidine rings is 1. The number of carbonyl (C=O) groups is 5. The fraction of sp³-hybridized carbons (Fsp3) is 0.674. The number of benzene rings is 1. The van der Waals surface area contributed by atoms with E-state index in [4.69, 9.17) is 10.5 Å². The molecule has 3 rings (SSSR count). The Morgan fingerprint density at radius 2 is 1.83 bits per heavy atom. The normalized spacial score (nSPS) is 16.9. The number of rotatable bonds is 23. The van der Waals surface area contributed by atoms with Crippen LogP contribution >= 0.6 is 11.3 Å². The highest BCUT2D eigenvalue weighted by molar-refractivity contribution is 7.09. The van der Waals surface area contributed by atoms with E-state index in [-0.39, 0.29) is 54.4 Å². The van der Waals surface area contributed by atoms with Crippen molar-refractivity contribution >= 4 is 46.7 Å². The van der Waals surface area contributed by atoms with Crippen molar-refractivity contribution in [3.05, 3.63) is 45.7 Å². The second kappa shape index (κ2) is 22.9. The first-order valence-corrected chi connectivity index (χ1v) is 21.8. The first-order chi connectivity index (χ1) is 27.4.